The van der Waals surface area contributed by atoms with Crippen molar-refractivity contribution in [1.82, 2.24) is 9.97 Å². The molecule has 0 spiro atoms. The number of anilines is 1. The number of nitriles is 1. The Balaban J connectivity index is 1.60. The van der Waals surface area contributed by atoms with E-state index < -0.39 is 0 Å². The van der Waals surface area contributed by atoms with Crippen molar-refractivity contribution >= 4 is 33.5 Å². The maximum atomic E-state index is 9.60. The molecule has 136 valence electrons. The van der Waals surface area contributed by atoms with Crippen LogP contribution >= 0.6 is 11.3 Å². The molecule has 0 fully saturated rings. The third kappa shape index (κ3) is 3.64. The van der Waals surface area contributed by atoms with E-state index in [9.17, 15) is 5.26 Å². The second kappa shape index (κ2) is 7.63. The molecule has 0 amide bonds. The van der Waals surface area contributed by atoms with Crippen LogP contribution in [0.5, 0.6) is 0 Å². The number of benzene rings is 2. The van der Waals surface area contributed by atoms with Gasteiger partial charge in [0.1, 0.15) is 16.6 Å². The van der Waals surface area contributed by atoms with Gasteiger partial charge in [-0.2, -0.15) is 5.26 Å². The number of nitrogens with zero attached hydrogens (tertiary/aromatic N) is 3. The number of nitrogens with one attached hydrogen (secondary N) is 1. The highest BCUT2D eigenvalue weighted by Gasteiger charge is 2.10. The molecule has 0 aliphatic rings. The van der Waals surface area contributed by atoms with Gasteiger partial charge < -0.3 is 5.32 Å². The molecular weight excluding hydrogens is 364 g/mol. The van der Waals surface area contributed by atoms with Crippen LogP contribution in [0.25, 0.3) is 27.7 Å². The molecule has 0 aliphatic heterocycles. The lowest BCUT2D eigenvalue weighted by Crippen LogP contribution is -1.92. The van der Waals surface area contributed by atoms with Crippen molar-refractivity contribution in [3.05, 3.63) is 82.4 Å². The first-order valence-electron chi connectivity index (χ1n) is 8.89. The number of thiazole rings is 1. The van der Waals surface area contributed by atoms with Gasteiger partial charge in [-0.05, 0) is 43.7 Å². The van der Waals surface area contributed by atoms with Crippen molar-refractivity contribution in [3.63, 3.8) is 0 Å². The number of aryl methyl sites for hydroxylation is 2. The zero-order chi connectivity index (χ0) is 19.5. The smallest absolute Gasteiger partial charge is 0.136 e. The largest absolute Gasteiger partial charge is 0.360 e. The Morgan fingerprint density at radius 3 is 2.86 bits per heavy atom. The number of aromatic nitrogens is 2. The third-order valence-electron chi connectivity index (χ3n) is 4.50. The second-order valence-electron chi connectivity index (χ2n) is 6.58. The molecule has 0 atom stereocenters. The van der Waals surface area contributed by atoms with Crippen LogP contribution in [0.3, 0.4) is 0 Å². The molecule has 5 heteroatoms. The SMILES string of the molecule is Cc1ccc(-c2csc(/C(C#N)=C/Nc3ccc4ncccc4c3)n2)c(C)c1. The molecule has 0 unspecified atom stereocenters. The van der Waals surface area contributed by atoms with E-state index in [-0.39, 0.29) is 0 Å². The Morgan fingerprint density at radius 2 is 2.04 bits per heavy atom. The highest BCUT2D eigenvalue weighted by molar-refractivity contribution is 7.11. The van der Waals surface area contributed by atoms with Crippen LogP contribution < -0.4 is 5.32 Å². The topological polar surface area (TPSA) is 61.6 Å². The van der Waals surface area contributed by atoms with Crippen molar-refractivity contribution in [2.45, 2.75) is 13.8 Å². The minimum absolute atomic E-state index is 0.507. The fraction of sp³-hybridized carbons (Fsp3) is 0.0870. The molecule has 4 aromatic rings. The summed E-state index contributed by atoms with van der Waals surface area (Å²) in [6.45, 7) is 4.16. The van der Waals surface area contributed by atoms with E-state index in [1.165, 1.54) is 22.5 Å². The first-order valence-corrected chi connectivity index (χ1v) is 9.77. The standard InChI is InChI=1S/C23H18N4S/c1-15-5-7-20(16(2)10-15)22-14-28-23(27-22)18(12-24)13-26-19-6-8-21-17(11-19)4-3-9-25-21/h3-11,13-14,26H,1-2H3/b18-13+. The maximum absolute atomic E-state index is 9.60. The Morgan fingerprint density at radius 1 is 1.14 bits per heavy atom. The van der Waals surface area contributed by atoms with Gasteiger partial charge in [-0.15, -0.1) is 11.3 Å². The quantitative estimate of drug-likeness (QED) is 0.443. The molecule has 2 aromatic heterocycles. The van der Waals surface area contributed by atoms with Crippen LogP contribution in [0.2, 0.25) is 0 Å². The Hall–Kier alpha value is -3.49. The van der Waals surface area contributed by atoms with Crippen molar-refractivity contribution in [3.8, 4) is 17.3 Å². The van der Waals surface area contributed by atoms with Crippen molar-refractivity contribution < 1.29 is 0 Å². The summed E-state index contributed by atoms with van der Waals surface area (Å²) in [6.07, 6.45) is 3.49. The van der Waals surface area contributed by atoms with E-state index in [4.69, 9.17) is 0 Å². The minimum atomic E-state index is 0.507. The number of pyridine rings is 1. The number of hydrogen-bond acceptors (Lipinski definition) is 5. The summed E-state index contributed by atoms with van der Waals surface area (Å²) >= 11 is 1.48. The Bertz CT molecular complexity index is 1230. The predicted molar refractivity (Wildman–Crippen MR) is 116 cm³/mol. The lowest BCUT2D eigenvalue weighted by molar-refractivity contribution is 1.32. The molecular formula is C23H18N4S. The number of allylic oxidation sites excluding steroid dienone is 1. The van der Waals surface area contributed by atoms with Crippen LogP contribution in [0.15, 0.2) is 66.3 Å². The number of rotatable bonds is 4. The molecule has 2 aromatic carbocycles. The van der Waals surface area contributed by atoms with E-state index >= 15 is 0 Å². The first-order chi connectivity index (χ1) is 13.6. The van der Waals surface area contributed by atoms with E-state index in [0.29, 0.717) is 10.6 Å². The van der Waals surface area contributed by atoms with Gasteiger partial charge in [-0.25, -0.2) is 4.98 Å². The molecule has 0 saturated heterocycles. The summed E-state index contributed by atoms with van der Waals surface area (Å²) in [5, 5.41) is 16.6. The van der Waals surface area contributed by atoms with Gasteiger partial charge in [0.15, 0.2) is 0 Å². The van der Waals surface area contributed by atoms with Gasteiger partial charge >= 0.3 is 0 Å². The number of hydrogen-bond donors (Lipinski definition) is 1. The molecule has 28 heavy (non-hydrogen) atoms. The lowest BCUT2D eigenvalue weighted by Gasteiger charge is -2.04. The summed E-state index contributed by atoms with van der Waals surface area (Å²) in [4.78, 5) is 9.00. The summed E-state index contributed by atoms with van der Waals surface area (Å²) in [7, 11) is 0. The normalized spacial score (nSPS) is 11.4. The molecule has 0 aliphatic carbocycles. The maximum Gasteiger partial charge on any atom is 0.136 e. The zero-order valence-corrected chi connectivity index (χ0v) is 16.4. The van der Waals surface area contributed by atoms with Crippen LogP contribution in [0, 0.1) is 25.2 Å². The predicted octanol–water partition coefficient (Wildman–Crippen LogP) is 5.95. The summed E-state index contributed by atoms with van der Waals surface area (Å²) < 4.78 is 0. The molecule has 0 bridgehead atoms. The first kappa shape index (κ1) is 17.9. The minimum Gasteiger partial charge on any atom is -0.360 e. The molecule has 0 radical (unpaired) electrons. The molecule has 4 rings (SSSR count). The fourth-order valence-corrected chi connectivity index (χ4v) is 3.87. The highest BCUT2D eigenvalue weighted by Crippen LogP contribution is 2.29. The van der Waals surface area contributed by atoms with Crippen LogP contribution in [-0.4, -0.2) is 9.97 Å². The van der Waals surface area contributed by atoms with Crippen molar-refractivity contribution in [2.75, 3.05) is 5.32 Å². The fourth-order valence-electron chi connectivity index (χ4n) is 3.08. The molecule has 1 N–H and O–H groups in total. The average Bonchev–Trinajstić information content (AvgIpc) is 3.18. The van der Waals surface area contributed by atoms with E-state index in [2.05, 4.69) is 53.4 Å². The van der Waals surface area contributed by atoms with E-state index in [0.717, 1.165) is 27.8 Å². The average molecular weight is 382 g/mol. The van der Waals surface area contributed by atoms with Gasteiger partial charge in [-0.1, -0.05) is 29.8 Å². The van der Waals surface area contributed by atoms with Crippen LogP contribution in [-0.2, 0) is 0 Å². The monoisotopic (exact) mass is 382 g/mol. The van der Waals surface area contributed by atoms with Gasteiger partial charge in [-0.3, -0.25) is 4.98 Å². The van der Waals surface area contributed by atoms with Gasteiger partial charge in [0.05, 0.1) is 11.2 Å². The highest BCUT2D eigenvalue weighted by atomic mass is 32.1. The lowest BCUT2D eigenvalue weighted by atomic mass is 10.0. The summed E-state index contributed by atoms with van der Waals surface area (Å²) in [5.41, 5.74) is 6.75. The summed E-state index contributed by atoms with van der Waals surface area (Å²) in [5.74, 6) is 0. The molecule has 4 nitrogen and oxygen atoms in total. The van der Waals surface area contributed by atoms with Gasteiger partial charge in [0.2, 0.25) is 0 Å². The third-order valence-corrected chi connectivity index (χ3v) is 5.37. The van der Waals surface area contributed by atoms with Crippen LogP contribution in [0.1, 0.15) is 16.1 Å². The van der Waals surface area contributed by atoms with Crippen molar-refractivity contribution in [2.24, 2.45) is 0 Å². The molecule has 2 heterocycles. The van der Waals surface area contributed by atoms with Crippen molar-refractivity contribution in [1.29, 1.82) is 5.26 Å². The van der Waals surface area contributed by atoms with Crippen LogP contribution in [0.4, 0.5) is 5.69 Å². The van der Waals surface area contributed by atoms with E-state index in [1.54, 1.807) is 12.4 Å². The van der Waals surface area contributed by atoms with Gasteiger partial charge in [0, 0.05) is 34.4 Å². The van der Waals surface area contributed by atoms with Gasteiger partial charge in [0.25, 0.3) is 0 Å². The summed E-state index contributed by atoms with van der Waals surface area (Å²) in [6, 6.07) is 18.4. The Kier molecular flexibility index (Phi) is 4.88. The zero-order valence-electron chi connectivity index (χ0n) is 15.6. The second-order valence-corrected chi connectivity index (χ2v) is 7.44. The molecule has 0 saturated carbocycles. The van der Waals surface area contributed by atoms with E-state index in [1.807, 2.05) is 35.7 Å². The Labute approximate surface area is 167 Å². The number of fused-ring (bicyclic) bond motifs is 1.